The average Bonchev–Trinajstić information content (AvgIpc) is 2.15. The number of ether oxygens (including phenoxy) is 1. The van der Waals surface area contributed by atoms with Crippen LogP contribution in [0.4, 0.5) is 8.78 Å². The Morgan fingerprint density at radius 2 is 2.25 bits per heavy atom. The topological polar surface area (TPSA) is 39.2 Å². The minimum Gasteiger partial charge on any atom is -0.462 e. The third-order valence-corrected chi connectivity index (χ3v) is 2.68. The third kappa shape index (κ3) is 2.87. The first-order chi connectivity index (χ1) is 7.47. The van der Waals surface area contributed by atoms with Gasteiger partial charge in [0, 0.05) is 5.69 Å². The average molecular weight is 341 g/mol. The third-order valence-electron chi connectivity index (χ3n) is 1.85. The summed E-state index contributed by atoms with van der Waals surface area (Å²) in [6, 6.07) is 1.32. The van der Waals surface area contributed by atoms with Crippen LogP contribution in [0, 0.1) is 10.6 Å². The van der Waals surface area contributed by atoms with E-state index in [1.54, 1.807) is 36.4 Å². The summed E-state index contributed by atoms with van der Waals surface area (Å²) < 4.78 is 30.4. The monoisotopic (exact) mass is 341 g/mol. The lowest BCUT2D eigenvalue weighted by molar-refractivity contribution is 0.0514. The van der Waals surface area contributed by atoms with E-state index in [9.17, 15) is 13.6 Å². The highest BCUT2D eigenvalue weighted by Gasteiger charge is 2.23. The molecule has 0 atom stereocenters. The molecule has 88 valence electrons. The predicted molar refractivity (Wildman–Crippen MR) is 62.6 cm³/mol. The van der Waals surface area contributed by atoms with Gasteiger partial charge in [0.25, 0.3) is 6.43 Å². The van der Waals surface area contributed by atoms with Crippen LogP contribution in [0.2, 0.25) is 0 Å². The zero-order chi connectivity index (χ0) is 12.3. The van der Waals surface area contributed by atoms with Crippen molar-refractivity contribution in [3.05, 3.63) is 26.6 Å². The van der Waals surface area contributed by atoms with E-state index < -0.39 is 12.4 Å². The molecule has 1 aromatic heterocycles. The van der Waals surface area contributed by atoms with Crippen molar-refractivity contribution in [1.29, 1.82) is 0 Å². The molecule has 6 heteroatoms. The molecule has 1 heterocycles. The summed E-state index contributed by atoms with van der Waals surface area (Å²) in [6.07, 6.45) is -2.74. The lowest BCUT2D eigenvalue weighted by atomic mass is 10.1. The molecule has 0 aliphatic rings. The van der Waals surface area contributed by atoms with Crippen molar-refractivity contribution in [2.75, 3.05) is 6.61 Å². The van der Waals surface area contributed by atoms with Crippen LogP contribution < -0.4 is 0 Å². The van der Waals surface area contributed by atoms with Crippen LogP contribution in [0.5, 0.6) is 0 Å². The van der Waals surface area contributed by atoms with E-state index in [4.69, 9.17) is 4.74 Å². The minimum atomic E-state index is -2.74. The number of hydrogen-bond acceptors (Lipinski definition) is 3. The van der Waals surface area contributed by atoms with Crippen molar-refractivity contribution in [1.82, 2.24) is 4.98 Å². The zero-order valence-corrected chi connectivity index (χ0v) is 10.9. The van der Waals surface area contributed by atoms with Crippen molar-refractivity contribution in [2.45, 2.75) is 20.3 Å². The molecule has 0 aliphatic carbocycles. The summed E-state index contributed by atoms with van der Waals surface area (Å²) in [4.78, 5) is 15.4. The maximum absolute atomic E-state index is 12.8. The van der Waals surface area contributed by atoms with Gasteiger partial charge in [-0.1, -0.05) is 0 Å². The molecular formula is C10H10F2INO2. The van der Waals surface area contributed by atoms with Crippen LogP contribution >= 0.6 is 22.6 Å². The minimum absolute atomic E-state index is 0.103. The molecule has 0 aromatic carbocycles. The van der Waals surface area contributed by atoms with E-state index >= 15 is 0 Å². The second kappa shape index (κ2) is 5.51. The van der Waals surface area contributed by atoms with Gasteiger partial charge in [0.1, 0.15) is 3.70 Å². The van der Waals surface area contributed by atoms with E-state index in [0.717, 1.165) is 0 Å². The van der Waals surface area contributed by atoms with Crippen molar-refractivity contribution in [2.24, 2.45) is 0 Å². The number of nitrogens with zero attached hydrogens (tertiary/aromatic N) is 1. The fourth-order valence-corrected chi connectivity index (χ4v) is 2.14. The van der Waals surface area contributed by atoms with Crippen molar-refractivity contribution >= 4 is 28.6 Å². The number of carbonyl (C=O) groups is 1. The number of aryl methyl sites for hydroxylation is 1. The molecule has 1 rings (SSSR count). The predicted octanol–water partition coefficient (Wildman–Crippen LogP) is 3.11. The molecule has 0 amide bonds. The molecule has 0 aliphatic heterocycles. The highest BCUT2D eigenvalue weighted by molar-refractivity contribution is 14.1. The Hall–Kier alpha value is -0.790. The molecule has 1 aromatic rings. The quantitative estimate of drug-likeness (QED) is 0.482. The Morgan fingerprint density at radius 1 is 1.62 bits per heavy atom. The van der Waals surface area contributed by atoms with E-state index in [2.05, 4.69) is 4.98 Å². The van der Waals surface area contributed by atoms with Gasteiger partial charge in [-0.2, -0.15) is 0 Å². The summed E-state index contributed by atoms with van der Waals surface area (Å²) in [7, 11) is 0. The highest BCUT2D eigenvalue weighted by Crippen LogP contribution is 2.28. The first-order valence-electron chi connectivity index (χ1n) is 4.59. The molecule has 0 unspecified atom stereocenters. The Labute approximate surface area is 105 Å². The van der Waals surface area contributed by atoms with Crippen LogP contribution in [0.25, 0.3) is 0 Å². The Morgan fingerprint density at radius 3 is 2.75 bits per heavy atom. The normalized spacial score (nSPS) is 10.6. The number of halogens is 3. The van der Waals surface area contributed by atoms with E-state index in [-0.39, 0.29) is 21.4 Å². The van der Waals surface area contributed by atoms with E-state index in [0.29, 0.717) is 5.69 Å². The van der Waals surface area contributed by atoms with Crippen molar-refractivity contribution in [3.8, 4) is 0 Å². The zero-order valence-electron chi connectivity index (χ0n) is 8.76. The molecule has 0 N–H and O–H groups in total. The fraction of sp³-hybridized carbons (Fsp3) is 0.400. The number of alkyl halides is 2. The molecule has 0 saturated carbocycles. The van der Waals surface area contributed by atoms with Gasteiger partial charge in [-0.25, -0.2) is 18.6 Å². The summed E-state index contributed by atoms with van der Waals surface area (Å²) >= 11 is 1.69. The molecule has 0 fully saturated rings. The Balaban J connectivity index is 3.29. The smallest absolute Gasteiger partial charge is 0.338 e. The van der Waals surface area contributed by atoms with Crippen molar-refractivity contribution in [3.63, 3.8) is 0 Å². The standard InChI is InChI=1S/C10H10F2INO2/c1-3-16-10(15)6-4-5(2)14-9(13)7(6)8(11)12/h4,8H,3H2,1-2H3. The summed E-state index contributed by atoms with van der Waals surface area (Å²) in [5, 5.41) is 0. The van der Waals surface area contributed by atoms with Gasteiger partial charge in [-0.05, 0) is 42.5 Å². The molecule has 0 saturated heterocycles. The first kappa shape index (κ1) is 13.3. The largest absolute Gasteiger partial charge is 0.462 e. The van der Waals surface area contributed by atoms with Crippen LogP contribution in [0.1, 0.15) is 35.0 Å². The van der Waals surface area contributed by atoms with Gasteiger partial charge in [-0.15, -0.1) is 0 Å². The number of esters is 1. The lowest BCUT2D eigenvalue weighted by Gasteiger charge is -2.10. The first-order valence-corrected chi connectivity index (χ1v) is 5.67. The van der Waals surface area contributed by atoms with Crippen molar-refractivity contribution < 1.29 is 18.3 Å². The molecule has 0 spiro atoms. The fourth-order valence-electron chi connectivity index (χ4n) is 1.23. The van der Waals surface area contributed by atoms with Gasteiger partial charge in [0.05, 0.1) is 17.7 Å². The Kier molecular flexibility index (Phi) is 4.57. The maximum atomic E-state index is 12.8. The molecule has 0 bridgehead atoms. The number of hydrogen-bond donors (Lipinski definition) is 0. The van der Waals surface area contributed by atoms with Crippen LogP contribution in [-0.2, 0) is 4.74 Å². The SMILES string of the molecule is CCOC(=O)c1cc(C)nc(I)c1C(F)F. The van der Waals surface area contributed by atoms with Gasteiger partial charge in [-0.3, -0.25) is 0 Å². The van der Waals surface area contributed by atoms with Gasteiger partial charge < -0.3 is 4.74 Å². The van der Waals surface area contributed by atoms with Crippen LogP contribution in [-0.4, -0.2) is 17.6 Å². The summed E-state index contributed by atoms with van der Waals surface area (Å²) in [5.74, 6) is -0.735. The van der Waals surface area contributed by atoms with Crippen LogP contribution in [0.3, 0.4) is 0 Å². The summed E-state index contributed by atoms with van der Waals surface area (Å²) in [6.45, 7) is 3.42. The Bertz CT molecular complexity index is 410. The van der Waals surface area contributed by atoms with Gasteiger partial charge >= 0.3 is 5.97 Å². The van der Waals surface area contributed by atoms with E-state index in [1.807, 2.05) is 0 Å². The number of pyridine rings is 1. The highest BCUT2D eigenvalue weighted by atomic mass is 127. The number of rotatable bonds is 3. The molecule has 3 nitrogen and oxygen atoms in total. The second-order valence-corrected chi connectivity index (χ2v) is 4.06. The molecule has 16 heavy (non-hydrogen) atoms. The van der Waals surface area contributed by atoms with Gasteiger partial charge in [0.2, 0.25) is 0 Å². The second-order valence-electron chi connectivity index (χ2n) is 3.04. The maximum Gasteiger partial charge on any atom is 0.338 e. The molecule has 0 radical (unpaired) electrons. The van der Waals surface area contributed by atoms with E-state index in [1.165, 1.54) is 6.07 Å². The summed E-state index contributed by atoms with van der Waals surface area (Å²) in [5.41, 5.74) is 0.0512. The number of carbonyl (C=O) groups excluding carboxylic acids is 1. The number of aromatic nitrogens is 1. The van der Waals surface area contributed by atoms with Gasteiger partial charge in [0.15, 0.2) is 0 Å². The van der Waals surface area contributed by atoms with Crippen LogP contribution in [0.15, 0.2) is 6.07 Å². The lowest BCUT2D eigenvalue weighted by Crippen LogP contribution is -2.11. The molecular weight excluding hydrogens is 331 g/mol.